The van der Waals surface area contributed by atoms with Gasteiger partial charge in [0, 0.05) is 5.56 Å². The molecular formula is C15H20O7. The lowest BCUT2D eigenvalue weighted by atomic mass is 9.98. The molecule has 2 fully saturated rings. The third-order valence-corrected chi connectivity index (χ3v) is 3.78. The smallest absolute Gasteiger partial charge is 0.186 e. The van der Waals surface area contributed by atoms with Crippen molar-refractivity contribution in [3.63, 3.8) is 0 Å². The standard InChI is InChI=1S/C15H20O7/c16-6-7-19-15-12(18)11(17)13-10(21-15)8-20-14(22-13)9-4-2-1-3-5-9/h1-5,10-18H,6-8H2/t10-,11-,12-,13-,14?,15-/m1/s1. The van der Waals surface area contributed by atoms with Crippen LogP contribution in [0.4, 0.5) is 0 Å². The molecule has 3 rings (SSSR count). The molecule has 0 spiro atoms. The van der Waals surface area contributed by atoms with Crippen molar-refractivity contribution in [3.8, 4) is 0 Å². The highest BCUT2D eigenvalue weighted by atomic mass is 16.8. The first-order chi connectivity index (χ1) is 10.7. The normalized spacial score (nSPS) is 38.5. The maximum atomic E-state index is 10.3. The highest BCUT2D eigenvalue weighted by molar-refractivity contribution is 5.16. The topological polar surface area (TPSA) is 97.6 Å². The highest BCUT2D eigenvalue weighted by Crippen LogP contribution is 2.34. The van der Waals surface area contributed by atoms with E-state index in [-0.39, 0.29) is 19.8 Å². The first-order valence-electron chi connectivity index (χ1n) is 7.27. The van der Waals surface area contributed by atoms with E-state index in [4.69, 9.17) is 24.1 Å². The van der Waals surface area contributed by atoms with Gasteiger partial charge in [-0.3, -0.25) is 0 Å². The Labute approximate surface area is 128 Å². The summed E-state index contributed by atoms with van der Waals surface area (Å²) in [6.45, 7) is 0.0348. The van der Waals surface area contributed by atoms with E-state index in [0.29, 0.717) is 0 Å². The van der Waals surface area contributed by atoms with E-state index in [0.717, 1.165) is 5.56 Å². The van der Waals surface area contributed by atoms with Crippen molar-refractivity contribution < 1.29 is 34.3 Å². The second-order valence-corrected chi connectivity index (χ2v) is 5.30. The number of aliphatic hydroxyl groups is 3. The predicted molar refractivity (Wildman–Crippen MR) is 73.7 cm³/mol. The lowest BCUT2D eigenvalue weighted by Crippen LogP contribution is -2.62. The molecule has 7 nitrogen and oxygen atoms in total. The van der Waals surface area contributed by atoms with E-state index >= 15 is 0 Å². The fraction of sp³-hybridized carbons (Fsp3) is 0.600. The van der Waals surface area contributed by atoms with Crippen molar-refractivity contribution in [2.24, 2.45) is 0 Å². The molecule has 0 bridgehead atoms. The summed E-state index contributed by atoms with van der Waals surface area (Å²) in [4.78, 5) is 0. The molecule has 2 heterocycles. The van der Waals surface area contributed by atoms with Gasteiger partial charge in [0.1, 0.15) is 24.4 Å². The average molecular weight is 312 g/mol. The summed E-state index contributed by atoms with van der Waals surface area (Å²) in [7, 11) is 0. The van der Waals surface area contributed by atoms with Gasteiger partial charge in [0.2, 0.25) is 0 Å². The van der Waals surface area contributed by atoms with Gasteiger partial charge in [-0.1, -0.05) is 30.3 Å². The number of rotatable bonds is 4. The van der Waals surface area contributed by atoms with Crippen LogP contribution in [-0.2, 0) is 18.9 Å². The molecular weight excluding hydrogens is 292 g/mol. The molecule has 0 amide bonds. The molecule has 1 aromatic rings. The second kappa shape index (κ2) is 7.01. The van der Waals surface area contributed by atoms with Crippen LogP contribution in [0.25, 0.3) is 0 Å². The molecule has 0 saturated carbocycles. The zero-order valence-corrected chi connectivity index (χ0v) is 11.9. The summed E-state index contributed by atoms with van der Waals surface area (Å²) < 4.78 is 22.1. The Hall–Kier alpha value is -1.06. The van der Waals surface area contributed by atoms with E-state index in [9.17, 15) is 10.2 Å². The maximum Gasteiger partial charge on any atom is 0.186 e. The SMILES string of the molecule is OCCO[C@@H]1O[C@@H]2COC(c3ccccc3)O[C@H]2[C@H](O)[C@H]1O. The van der Waals surface area contributed by atoms with Crippen molar-refractivity contribution in [3.05, 3.63) is 35.9 Å². The summed E-state index contributed by atoms with van der Waals surface area (Å²) in [6.07, 6.45) is -5.27. The molecule has 0 radical (unpaired) electrons. The Kier molecular flexibility index (Phi) is 5.04. The Bertz CT molecular complexity index is 466. The third kappa shape index (κ3) is 3.16. The largest absolute Gasteiger partial charge is 0.394 e. The van der Waals surface area contributed by atoms with E-state index in [1.807, 2.05) is 30.3 Å². The number of aliphatic hydroxyl groups excluding tert-OH is 3. The molecule has 1 aromatic carbocycles. The Morgan fingerprint density at radius 1 is 1.09 bits per heavy atom. The van der Waals surface area contributed by atoms with E-state index in [1.165, 1.54) is 0 Å². The monoisotopic (exact) mass is 312 g/mol. The summed E-state index contributed by atoms with van der Waals surface area (Å²) in [5.41, 5.74) is 0.835. The van der Waals surface area contributed by atoms with Gasteiger partial charge in [-0.25, -0.2) is 0 Å². The summed E-state index contributed by atoms with van der Waals surface area (Å²) in [5, 5.41) is 29.1. The number of fused-ring (bicyclic) bond motifs is 1. The van der Waals surface area contributed by atoms with Crippen LogP contribution in [0.5, 0.6) is 0 Å². The maximum absolute atomic E-state index is 10.3. The predicted octanol–water partition coefficient (Wildman–Crippen LogP) is -0.444. The van der Waals surface area contributed by atoms with Gasteiger partial charge in [0.25, 0.3) is 0 Å². The molecule has 2 saturated heterocycles. The lowest BCUT2D eigenvalue weighted by Gasteiger charge is -2.46. The molecule has 2 aliphatic rings. The summed E-state index contributed by atoms with van der Waals surface area (Å²) in [5.74, 6) is 0. The van der Waals surface area contributed by atoms with Crippen molar-refractivity contribution >= 4 is 0 Å². The van der Waals surface area contributed by atoms with E-state index < -0.39 is 37.0 Å². The number of hydrogen-bond donors (Lipinski definition) is 3. The van der Waals surface area contributed by atoms with Crippen LogP contribution in [0.3, 0.4) is 0 Å². The Morgan fingerprint density at radius 2 is 1.86 bits per heavy atom. The number of hydrogen-bond acceptors (Lipinski definition) is 7. The van der Waals surface area contributed by atoms with Crippen LogP contribution in [0.15, 0.2) is 30.3 Å². The molecule has 6 atom stereocenters. The van der Waals surface area contributed by atoms with Gasteiger partial charge in [0.05, 0.1) is 19.8 Å². The number of ether oxygens (including phenoxy) is 4. The Balaban J connectivity index is 1.67. The first-order valence-corrected chi connectivity index (χ1v) is 7.27. The average Bonchev–Trinajstić information content (AvgIpc) is 2.57. The third-order valence-electron chi connectivity index (χ3n) is 3.78. The molecule has 1 unspecified atom stereocenters. The van der Waals surface area contributed by atoms with Crippen molar-refractivity contribution in [2.75, 3.05) is 19.8 Å². The minimum Gasteiger partial charge on any atom is -0.394 e. The molecule has 0 aliphatic carbocycles. The van der Waals surface area contributed by atoms with Crippen LogP contribution in [0.2, 0.25) is 0 Å². The van der Waals surface area contributed by atoms with Crippen LogP contribution < -0.4 is 0 Å². The second-order valence-electron chi connectivity index (χ2n) is 5.30. The van der Waals surface area contributed by atoms with Crippen molar-refractivity contribution in [2.45, 2.75) is 37.0 Å². The lowest BCUT2D eigenvalue weighted by molar-refractivity contribution is -0.361. The Morgan fingerprint density at radius 3 is 2.59 bits per heavy atom. The zero-order chi connectivity index (χ0) is 15.5. The first kappa shape index (κ1) is 15.8. The van der Waals surface area contributed by atoms with Gasteiger partial charge in [-0.15, -0.1) is 0 Å². The van der Waals surface area contributed by atoms with Crippen LogP contribution >= 0.6 is 0 Å². The molecule has 3 N–H and O–H groups in total. The van der Waals surface area contributed by atoms with Crippen LogP contribution in [-0.4, -0.2) is 65.8 Å². The highest BCUT2D eigenvalue weighted by Gasteiger charge is 2.49. The van der Waals surface area contributed by atoms with Crippen LogP contribution in [0, 0.1) is 0 Å². The van der Waals surface area contributed by atoms with Gasteiger partial charge in [-0.05, 0) is 0 Å². The quantitative estimate of drug-likeness (QED) is 0.693. The number of benzene rings is 1. The molecule has 0 aromatic heterocycles. The van der Waals surface area contributed by atoms with Gasteiger partial charge < -0.3 is 34.3 Å². The van der Waals surface area contributed by atoms with Gasteiger partial charge in [-0.2, -0.15) is 0 Å². The molecule has 2 aliphatic heterocycles. The van der Waals surface area contributed by atoms with Crippen LogP contribution in [0.1, 0.15) is 11.9 Å². The molecule has 122 valence electrons. The van der Waals surface area contributed by atoms with Gasteiger partial charge >= 0.3 is 0 Å². The van der Waals surface area contributed by atoms with E-state index in [1.54, 1.807) is 0 Å². The minimum absolute atomic E-state index is 0.0141. The van der Waals surface area contributed by atoms with Crippen molar-refractivity contribution in [1.82, 2.24) is 0 Å². The fourth-order valence-electron chi connectivity index (χ4n) is 2.66. The molecule has 22 heavy (non-hydrogen) atoms. The zero-order valence-electron chi connectivity index (χ0n) is 11.9. The van der Waals surface area contributed by atoms with Crippen molar-refractivity contribution in [1.29, 1.82) is 0 Å². The summed E-state index contributed by atoms with van der Waals surface area (Å²) >= 11 is 0. The van der Waals surface area contributed by atoms with E-state index in [2.05, 4.69) is 0 Å². The fourth-order valence-corrected chi connectivity index (χ4v) is 2.66. The van der Waals surface area contributed by atoms with Gasteiger partial charge in [0.15, 0.2) is 12.6 Å². The summed E-state index contributed by atoms with van der Waals surface area (Å²) in [6, 6.07) is 9.36. The molecule has 7 heteroatoms. The minimum atomic E-state index is -1.25.